The first-order valence-corrected chi connectivity index (χ1v) is 6.19. The number of nitrogens with one attached hydrogen (secondary N) is 2. The van der Waals surface area contributed by atoms with Crippen LogP contribution in [0.2, 0.25) is 0 Å². The molecule has 1 aromatic rings. The molecule has 82 valence electrons. The first kappa shape index (κ1) is 10.6. The maximum Gasteiger partial charge on any atom is 0.237 e. The second-order valence-corrected chi connectivity index (χ2v) is 4.42. The fraction of sp³-hybridized carbons (Fsp3) is 0.600. The van der Waals surface area contributed by atoms with Gasteiger partial charge in [0.05, 0.1) is 23.8 Å². The second-order valence-electron chi connectivity index (χ2n) is 3.70. The molecule has 5 heteroatoms. The van der Waals surface area contributed by atoms with Gasteiger partial charge in [0.2, 0.25) is 5.91 Å². The van der Waals surface area contributed by atoms with Crippen molar-refractivity contribution in [3.8, 4) is 0 Å². The van der Waals surface area contributed by atoms with E-state index in [1.807, 2.05) is 5.38 Å². The van der Waals surface area contributed by atoms with Crippen LogP contribution in [-0.2, 0) is 11.3 Å². The van der Waals surface area contributed by atoms with Crippen molar-refractivity contribution in [1.29, 1.82) is 0 Å². The van der Waals surface area contributed by atoms with E-state index in [1.54, 1.807) is 16.8 Å². The van der Waals surface area contributed by atoms with E-state index >= 15 is 0 Å². The van der Waals surface area contributed by atoms with Crippen LogP contribution in [0.1, 0.15) is 25.0 Å². The maximum atomic E-state index is 11.7. The van der Waals surface area contributed by atoms with Crippen molar-refractivity contribution in [1.82, 2.24) is 15.6 Å². The lowest BCUT2D eigenvalue weighted by Gasteiger charge is -2.22. The van der Waals surface area contributed by atoms with Gasteiger partial charge in [0.25, 0.3) is 0 Å². The van der Waals surface area contributed by atoms with Crippen LogP contribution in [0.5, 0.6) is 0 Å². The molecule has 0 radical (unpaired) electrons. The Balaban J connectivity index is 1.76. The highest BCUT2D eigenvalue weighted by molar-refractivity contribution is 7.07. The normalized spacial score (nSPS) is 21.2. The van der Waals surface area contributed by atoms with Gasteiger partial charge < -0.3 is 10.6 Å². The molecule has 0 saturated carbocycles. The van der Waals surface area contributed by atoms with Crippen LogP contribution < -0.4 is 10.6 Å². The summed E-state index contributed by atoms with van der Waals surface area (Å²) in [4.78, 5) is 15.8. The number of hydrogen-bond donors (Lipinski definition) is 2. The summed E-state index contributed by atoms with van der Waals surface area (Å²) in [6.07, 6.45) is 3.26. The van der Waals surface area contributed by atoms with Crippen molar-refractivity contribution in [3.63, 3.8) is 0 Å². The Kier molecular flexibility index (Phi) is 3.69. The van der Waals surface area contributed by atoms with E-state index in [0.717, 1.165) is 25.1 Å². The highest BCUT2D eigenvalue weighted by atomic mass is 32.1. The molecule has 2 N–H and O–H groups in total. The van der Waals surface area contributed by atoms with Gasteiger partial charge in [0.15, 0.2) is 0 Å². The van der Waals surface area contributed by atoms with Gasteiger partial charge >= 0.3 is 0 Å². The summed E-state index contributed by atoms with van der Waals surface area (Å²) in [7, 11) is 0. The fourth-order valence-electron chi connectivity index (χ4n) is 1.70. The number of amides is 1. The van der Waals surface area contributed by atoms with Gasteiger partial charge in [0, 0.05) is 5.38 Å². The minimum absolute atomic E-state index is 0.00242. The number of nitrogens with zero attached hydrogens (tertiary/aromatic N) is 1. The summed E-state index contributed by atoms with van der Waals surface area (Å²) in [6, 6.07) is -0.00242. The van der Waals surface area contributed by atoms with Crippen molar-refractivity contribution in [2.75, 3.05) is 6.54 Å². The zero-order valence-corrected chi connectivity index (χ0v) is 9.35. The molecule has 1 aromatic heterocycles. The van der Waals surface area contributed by atoms with Gasteiger partial charge in [-0.2, -0.15) is 0 Å². The minimum Gasteiger partial charge on any atom is -0.349 e. The number of piperidine rings is 1. The number of aromatic nitrogens is 1. The Morgan fingerprint density at radius 2 is 2.60 bits per heavy atom. The summed E-state index contributed by atoms with van der Waals surface area (Å²) in [5.41, 5.74) is 2.71. The van der Waals surface area contributed by atoms with Crippen LogP contribution in [0.25, 0.3) is 0 Å². The summed E-state index contributed by atoms with van der Waals surface area (Å²) >= 11 is 1.55. The average Bonchev–Trinajstić information content (AvgIpc) is 2.80. The van der Waals surface area contributed by atoms with Gasteiger partial charge in [0.1, 0.15) is 0 Å². The van der Waals surface area contributed by atoms with Crippen LogP contribution in [0, 0.1) is 0 Å². The van der Waals surface area contributed by atoms with E-state index in [0.29, 0.717) is 6.54 Å². The van der Waals surface area contributed by atoms with E-state index in [-0.39, 0.29) is 11.9 Å². The summed E-state index contributed by atoms with van der Waals surface area (Å²) < 4.78 is 0. The molecule has 0 bridgehead atoms. The van der Waals surface area contributed by atoms with Gasteiger partial charge in [-0.05, 0) is 19.4 Å². The Hall–Kier alpha value is -0.940. The fourth-order valence-corrected chi connectivity index (χ4v) is 2.26. The molecule has 1 fully saturated rings. The molecular formula is C10H15N3OS. The standard InChI is InChI=1S/C10H15N3OS/c14-10(9-3-1-2-4-11-9)12-5-8-6-15-7-13-8/h6-7,9,11H,1-5H2,(H,12,14)/t9-/m0/s1. The molecule has 1 aliphatic rings. The molecule has 0 unspecified atom stereocenters. The van der Waals surface area contributed by atoms with Crippen molar-refractivity contribution in [2.45, 2.75) is 31.8 Å². The van der Waals surface area contributed by atoms with Gasteiger partial charge in [-0.15, -0.1) is 11.3 Å². The predicted octanol–water partition coefficient (Wildman–Crippen LogP) is 0.901. The predicted molar refractivity (Wildman–Crippen MR) is 59.6 cm³/mol. The molecule has 1 aliphatic heterocycles. The zero-order valence-electron chi connectivity index (χ0n) is 8.53. The third-order valence-electron chi connectivity index (χ3n) is 2.55. The SMILES string of the molecule is O=C(NCc1cscn1)[C@@H]1CCCCN1. The van der Waals surface area contributed by atoms with Crippen molar-refractivity contribution >= 4 is 17.2 Å². The monoisotopic (exact) mass is 225 g/mol. The smallest absolute Gasteiger partial charge is 0.237 e. The lowest BCUT2D eigenvalue weighted by atomic mass is 10.0. The summed E-state index contributed by atoms with van der Waals surface area (Å²) in [6.45, 7) is 1.50. The molecule has 2 rings (SSSR count). The highest BCUT2D eigenvalue weighted by Crippen LogP contribution is 2.07. The first-order valence-electron chi connectivity index (χ1n) is 5.24. The number of rotatable bonds is 3. The van der Waals surface area contributed by atoms with Crippen molar-refractivity contribution in [3.05, 3.63) is 16.6 Å². The molecule has 4 nitrogen and oxygen atoms in total. The Morgan fingerprint density at radius 1 is 1.67 bits per heavy atom. The molecule has 0 aliphatic carbocycles. The summed E-state index contributed by atoms with van der Waals surface area (Å²) in [5, 5.41) is 8.07. The van der Waals surface area contributed by atoms with Crippen LogP contribution >= 0.6 is 11.3 Å². The highest BCUT2D eigenvalue weighted by Gasteiger charge is 2.19. The molecule has 1 amide bonds. The van der Waals surface area contributed by atoms with E-state index in [4.69, 9.17) is 0 Å². The van der Waals surface area contributed by atoms with E-state index in [2.05, 4.69) is 15.6 Å². The summed E-state index contributed by atoms with van der Waals surface area (Å²) in [5.74, 6) is 0.0997. The lowest BCUT2D eigenvalue weighted by Crippen LogP contribution is -2.46. The molecule has 0 aromatic carbocycles. The Labute approximate surface area is 93.1 Å². The van der Waals surface area contributed by atoms with E-state index < -0.39 is 0 Å². The Bertz CT molecular complexity index is 306. The lowest BCUT2D eigenvalue weighted by molar-refractivity contribution is -0.123. The van der Waals surface area contributed by atoms with Crippen LogP contribution in [0.4, 0.5) is 0 Å². The Morgan fingerprint density at radius 3 is 3.27 bits per heavy atom. The largest absolute Gasteiger partial charge is 0.349 e. The average molecular weight is 225 g/mol. The zero-order chi connectivity index (χ0) is 10.5. The van der Waals surface area contributed by atoms with E-state index in [1.165, 1.54) is 6.42 Å². The van der Waals surface area contributed by atoms with Crippen LogP contribution in [0.3, 0.4) is 0 Å². The van der Waals surface area contributed by atoms with E-state index in [9.17, 15) is 4.79 Å². The number of hydrogen-bond acceptors (Lipinski definition) is 4. The van der Waals surface area contributed by atoms with Crippen molar-refractivity contribution in [2.24, 2.45) is 0 Å². The number of carbonyl (C=O) groups excluding carboxylic acids is 1. The molecule has 1 saturated heterocycles. The first-order chi connectivity index (χ1) is 7.36. The molecule has 1 atom stereocenters. The van der Waals surface area contributed by atoms with Gasteiger partial charge in [-0.1, -0.05) is 6.42 Å². The maximum absolute atomic E-state index is 11.7. The quantitative estimate of drug-likeness (QED) is 0.803. The molecule has 0 spiro atoms. The number of thiazole rings is 1. The van der Waals surface area contributed by atoms with Crippen LogP contribution in [-0.4, -0.2) is 23.5 Å². The van der Waals surface area contributed by atoms with Gasteiger partial charge in [-0.3, -0.25) is 4.79 Å². The third kappa shape index (κ3) is 3.00. The second kappa shape index (κ2) is 5.23. The molecule has 15 heavy (non-hydrogen) atoms. The molecular weight excluding hydrogens is 210 g/mol. The number of carbonyl (C=O) groups is 1. The van der Waals surface area contributed by atoms with Crippen molar-refractivity contribution < 1.29 is 4.79 Å². The van der Waals surface area contributed by atoms with Gasteiger partial charge in [-0.25, -0.2) is 4.98 Å². The minimum atomic E-state index is -0.00242. The third-order valence-corrected chi connectivity index (χ3v) is 3.19. The topological polar surface area (TPSA) is 54.0 Å². The molecule has 2 heterocycles. The van der Waals surface area contributed by atoms with Crippen LogP contribution in [0.15, 0.2) is 10.9 Å².